The molecule has 110 valence electrons. The zero-order valence-corrected chi connectivity index (χ0v) is 12.1. The summed E-state index contributed by atoms with van der Waals surface area (Å²) in [5.41, 5.74) is 6.68. The van der Waals surface area contributed by atoms with Crippen LogP contribution >= 0.6 is 0 Å². The van der Waals surface area contributed by atoms with E-state index in [0.717, 1.165) is 25.3 Å². The van der Waals surface area contributed by atoms with Crippen molar-refractivity contribution >= 4 is 11.5 Å². The van der Waals surface area contributed by atoms with Crippen LogP contribution in [0.15, 0.2) is 30.9 Å². The zero-order chi connectivity index (χ0) is 14.7. The fraction of sp³-hybridized carbons (Fsp3) is 0.400. The van der Waals surface area contributed by atoms with Gasteiger partial charge in [-0.05, 0) is 30.9 Å². The molecule has 1 aliphatic heterocycles. The summed E-state index contributed by atoms with van der Waals surface area (Å²) in [4.78, 5) is 14.7. The minimum Gasteiger partial charge on any atom is -0.435 e. The lowest BCUT2D eigenvalue weighted by Crippen LogP contribution is -2.35. The van der Waals surface area contributed by atoms with Gasteiger partial charge in [-0.25, -0.2) is 4.98 Å². The van der Waals surface area contributed by atoms with Crippen LogP contribution in [0, 0.1) is 5.92 Å². The molecule has 6 heteroatoms. The molecule has 0 radical (unpaired) electrons. The van der Waals surface area contributed by atoms with E-state index in [9.17, 15) is 0 Å². The predicted octanol–water partition coefficient (Wildman–Crippen LogP) is 2.48. The highest BCUT2D eigenvalue weighted by Gasteiger charge is 2.21. The molecule has 1 unspecified atom stereocenters. The number of piperidine rings is 1. The van der Waals surface area contributed by atoms with Crippen molar-refractivity contribution in [3.63, 3.8) is 0 Å². The molecular formula is C15H19N5O. The number of nitrogen functional groups attached to an aromatic ring is 1. The van der Waals surface area contributed by atoms with Gasteiger partial charge in [0.25, 0.3) is 0 Å². The Bertz CT molecular complexity index is 604. The molecule has 2 N–H and O–H groups in total. The number of anilines is 2. The second-order valence-corrected chi connectivity index (χ2v) is 5.40. The third-order valence-corrected chi connectivity index (χ3v) is 3.63. The third-order valence-electron chi connectivity index (χ3n) is 3.63. The number of nitrogens with two attached hydrogens (primary N) is 1. The van der Waals surface area contributed by atoms with Crippen LogP contribution in [0.25, 0.3) is 0 Å². The Morgan fingerprint density at radius 1 is 1.38 bits per heavy atom. The van der Waals surface area contributed by atoms with Gasteiger partial charge in [-0.15, -0.1) is 0 Å². The quantitative estimate of drug-likeness (QED) is 0.933. The number of rotatable bonds is 3. The first kappa shape index (κ1) is 13.6. The van der Waals surface area contributed by atoms with Crippen LogP contribution in [0.5, 0.6) is 11.6 Å². The lowest BCUT2D eigenvalue weighted by molar-refractivity contribution is 0.440. The summed E-state index contributed by atoms with van der Waals surface area (Å²) in [6.07, 6.45) is 7.22. The van der Waals surface area contributed by atoms with Gasteiger partial charge in [0.2, 0.25) is 5.88 Å². The van der Waals surface area contributed by atoms with Crippen LogP contribution in [0.1, 0.15) is 19.8 Å². The number of pyridine rings is 1. The van der Waals surface area contributed by atoms with Gasteiger partial charge in [0, 0.05) is 19.3 Å². The second-order valence-electron chi connectivity index (χ2n) is 5.40. The van der Waals surface area contributed by atoms with Gasteiger partial charge in [0.1, 0.15) is 17.8 Å². The molecule has 0 aromatic carbocycles. The molecule has 0 spiro atoms. The maximum atomic E-state index is 6.20. The molecule has 1 aliphatic rings. The molecule has 1 atom stereocenters. The van der Waals surface area contributed by atoms with Gasteiger partial charge in [-0.2, -0.15) is 4.98 Å². The Kier molecular flexibility index (Phi) is 3.85. The Labute approximate surface area is 124 Å². The Morgan fingerprint density at radius 2 is 2.29 bits per heavy atom. The molecular weight excluding hydrogens is 266 g/mol. The largest absolute Gasteiger partial charge is 0.435 e. The highest BCUT2D eigenvalue weighted by atomic mass is 16.5. The predicted molar refractivity (Wildman–Crippen MR) is 81.4 cm³/mol. The highest BCUT2D eigenvalue weighted by molar-refractivity contribution is 5.68. The zero-order valence-electron chi connectivity index (χ0n) is 12.1. The average molecular weight is 285 g/mol. The average Bonchev–Trinajstić information content (AvgIpc) is 2.50. The second kappa shape index (κ2) is 5.95. The summed E-state index contributed by atoms with van der Waals surface area (Å²) in [6.45, 7) is 4.18. The molecule has 3 heterocycles. The minimum absolute atomic E-state index is 0.381. The Morgan fingerprint density at radius 3 is 3.05 bits per heavy atom. The monoisotopic (exact) mass is 285 g/mol. The van der Waals surface area contributed by atoms with Crippen molar-refractivity contribution < 1.29 is 4.74 Å². The van der Waals surface area contributed by atoms with E-state index >= 15 is 0 Å². The summed E-state index contributed by atoms with van der Waals surface area (Å²) in [6, 6.07) is 3.62. The maximum Gasteiger partial charge on any atom is 0.248 e. The van der Waals surface area contributed by atoms with E-state index in [1.54, 1.807) is 18.5 Å². The van der Waals surface area contributed by atoms with E-state index in [1.807, 2.05) is 6.07 Å². The minimum atomic E-state index is 0.381. The Balaban J connectivity index is 1.85. The standard InChI is InChI=1S/C15H19N5O/c1-11-4-3-7-20(9-11)14-13(16)15(19-10-18-14)21-12-5-2-6-17-8-12/h2,5-6,8,10-11H,3-4,7,9,16H2,1H3. The molecule has 6 nitrogen and oxygen atoms in total. The topological polar surface area (TPSA) is 77.2 Å². The molecule has 21 heavy (non-hydrogen) atoms. The van der Waals surface area contributed by atoms with E-state index in [1.165, 1.54) is 12.7 Å². The molecule has 0 saturated carbocycles. The van der Waals surface area contributed by atoms with Crippen LogP contribution in [0.4, 0.5) is 11.5 Å². The van der Waals surface area contributed by atoms with Crippen molar-refractivity contribution in [3.8, 4) is 11.6 Å². The lowest BCUT2D eigenvalue weighted by atomic mass is 10.0. The number of nitrogens with zero attached hydrogens (tertiary/aromatic N) is 4. The van der Waals surface area contributed by atoms with E-state index in [-0.39, 0.29) is 0 Å². The van der Waals surface area contributed by atoms with Crippen molar-refractivity contribution in [2.75, 3.05) is 23.7 Å². The van der Waals surface area contributed by atoms with Gasteiger partial charge in [-0.3, -0.25) is 4.98 Å². The molecule has 2 aromatic rings. The van der Waals surface area contributed by atoms with Crippen LogP contribution in [-0.4, -0.2) is 28.0 Å². The molecule has 0 aliphatic carbocycles. The third kappa shape index (κ3) is 3.04. The van der Waals surface area contributed by atoms with Gasteiger partial charge in [0.05, 0.1) is 6.20 Å². The molecule has 3 rings (SSSR count). The summed E-state index contributed by atoms with van der Waals surface area (Å²) in [5.74, 6) is 2.40. The van der Waals surface area contributed by atoms with Gasteiger partial charge >= 0.3 is 0 Å². The van der Waals surface area contributed by atoms with E-state index in [4.69, 9.17) is 10.5 Å². The molecule has 0 bridgehead atoms. The van der Waals surface area contributed by atoms with Crippen LogP contribution in [0.2, 0.25) is 0 Å². The Hall–Kier alpha value is -2.37. The molecule has 1 saturated heterocycles. The van der Waals surface area contributed by atoms with E-state index < -0.39 is 0 Å². The first-order chi connectivity index (χ1) is 10.2. The number of ether oxygens (including phenoxy) is 1. The molecule has 0 amide bonds. The SMILES string of the molecule is CC1CCCN(c2ncnc(Oc3cccnc3)c2N)C1. The van der Waals surface area contributed by atoms with Crippen LogP contribution in [-0.2, 0) is 0 Å². The summed E-state index contributed by atoms with van der Waals surface area (Å²) in [5, 5.41) is 0. The maximum absolute atomic E-state index is 6.20. The van der Waals surface area contributed by atoms with Gasteiger partial charge in [0.15, 0.2) is 5.82 Å². The number of hydrogen-bond acceptors (Lipinski definition) is 6. The number of aromatic nitrogens is 3. The van der Waals surface area contributed by atoms with E-state index in [0.29, 0.717) is 23.2 Å². The normalized spacial score (nSPS) is 18.5. The van der Waals surface area contributed by atoms with Gasteiger partial charge < -0.3 is 15.4 Å². The van der Waals surface area contributed by atoms with Crippen LogP contribution < -0.4 is 15.4 Å². The fourth-order valence-electron chi connectivity index (χ4n) is 2.60. The van der Waals surface area contributed by atoms with Crippen molar-refractivity contribution in [1.29, 1.82) is 0 Å². The fourth-order valence-corrected chi connectivity index (χ4v) is 2.60. The highest BCUT2D eigenvalue weighted by Crippen LogP contribution is 2.32. The van der Waals surface area contributed by atoms with Crippen molar-refractivity contribution in [2.24, 2.45) is 5.92 Å². The first-order valence-electron chi connectivity index (χ1n) is 7.17. The summed E-state index contributed by atoms with van der Waals surface area (Å²) < 4.78 is 5.70. The van der Waals surface area contributed by atoms with Crippen molar-refractivity contribution in [2.45, 2.75) is 19.8 Å². The number of hydrogen-bond donors (Lipinski definition) is 1. The summed E-state index contributed by atoms with van der Waals surface area (Å²) in [7, 11) is 0. The smallest absolute Gasteiger partial charge is 0.248 e. The van der Waals surface area contributed by atoms with Crippen molar-refractivity contribution in [3.05, 3.63) is 30.9 Å². The van der Waals surface area contributed by atoms with Crippen LogP contribution in [0.3, 0.4) is 0 Å². The lowest BCUT2D eigenvalue weighted by Gasteiger charge is -2.32. The van der Waals surface area contributed by atoms with Gasteiger partial charge in [-0.1, -0.05) is 6.92 Å². The van der Waals surface area contributed by atoms with Crippen molar-refractivity contribution in [1.82, 2.24) is 15.0 Å². The summed E-state index contributed by atoms with van der Waals surface area (Å²) >= 11 is 0. The van der Waals surface area contributed by atoms with E-state index in [2.05, 4.69) is 26.8 Å². The molecule has 1 fully saturated rings. The molecule has 2 aromatic heterocycles. The first-order valence-corrected chi connectivity index (χ1v) is 7.17.